The third-order valence-corrected chi connectivity index (χ3v) is 5.84. The van der Waals surface area contributed by atoms with Gasteiger partial charge in [-0.1, -0.05) is 0 Å². The molecule has 7 nitrogen and oxygen atoms in total. The maximum absolute atomic E-state index is 12.7. The Hall–Kier alpha value is -2.14. The van der Waals surface area contributed by atoms with E-state index < -0.39 is 26.8 Å². The van der Waals surface area contributed by atoms with E-state index in [1.807, 2.05) is 6.07 Å². The van der Waals surface area contributed by atoms with Crippen LogP contribution in [0.3, 0.4) is 0 Å². The number of pyridine rings is 1. The van der Waals surface area contributed by atoms with Crippen LogP contribution in [-0.2, 0) is 14.6 Å². The average Bonchev–Trinajstić information content (AvgIpc) is 2.53. The Morgan fingerprint density at radius 3 is 2.54 bits per heavy atom. The largest absolute Gasteiger partial charge is 0.444 e. The SMILES string of the molecule is CC(C)(C)OC(=O)N1CCC(S(=O)(=O)c2cc(C#N)ccn2)CC1. The van der Waals surface area contributed by atoms with E-state index in [0.29, 0.717) is 25.9 Å². The molecule has 0 radical (unpaired) electrons. The van der Waals surface area contributed by atoms with Gasteiger partial charge in [0, 0.05) is 19.3 Å². The number of aromatic nitrogens is 1. The minimum Gasteiger partial charge on any atom is -0.444 e. The Balaban J connectivity index is 2.06. The Morgan fingerprint density at radius 2 is 2.00 bits per heavy atom. The molecular weight excluding hydrogens is 330 g/mol. The van der Waals surface area contributed by atoms with Crippen molar-refractivity contribution < 1.29 is 17.9 Å². The van der Waals surface area contributed by atoms with Crippen molar-refractivity contribution in [2.45, 2.75) is 49.5 Å². The molecule has 0 spiro atoms. The van der Waals surface area contributed by atoms with Gasteiger partial charge in [0.25, 0.3) is 0 Å². The molecular formula is C16H21N3O4S. The molecule has 2 rings (SSSR count). The van der Waals surface area contributed by atoms with Gasteiger partial charge in [-0.15, -0.1) is 0 Å². The van der Waals surface area contributed by atoms with E-state index in [9.17, 15) is 13.2 Å². The number of amides is 1. The van der Waals surface area contributed by atoms with Gasteiger partial charge in [-0.2, -0.15) is 5.26 Å². The van der Waals surface area contributed by atoms with Crippen LogP contribution in [0.1, 0.15) is 39.2 Å². The molecule has 0 N–H and O–H groups in total. The van der Waals surface area contributed by atoms with Crippen molar-refractivity contribution in [2.24, 2.45) is 0 Å². The summed E-state index contributed by atoms with van der Waals surface area (Å²) in [4.78, 5) is 17.4. The zero-order valence-electron chi connectivity index (χ0n) is 14.0. The standard InChI is InChI=1S/C16H21N3O4S/c1-16(2,3)23-15(20)19-8-5-13(6-9-19)24(21,22)14-10-12(11-17)4-7-18-14/h4,7,10,13H,5-6,8-9H2,1-3H3. The number of sulfone groups is 1. The molecule has 0 atom stereocenters. The van der Waals surface area contributed by atoms with Crippen LogP contribution in [0.5, 0.6) is 0 Å². The highest BCUT2D eigenvalue weighted by atomic mass is 32.2. The van der Waals surface area contributed by atoms with Crippen molar-refractivity contribution in [1.29, 1.82) is 5.26 Å². The van der Waals surface area contributed by atoms with Crippen LogP contribution < -0.4 is 0 Å². The third-order valence-electron chi connectivity index (χ3n) is 3.69. The number of piperidine rings is 1. The summed E-state index contributed by atoms with van der Waals surface area (Å²) in [6.07, 6.45) is 1.53. The highest BCUT2D eigenvalue weighted by molar-refractivity contribution is 7.92. The van der Waals surface area contributed by atoms with Gasteiger partial charge >= 0.3 is 6.09 Å². The van der Waals surface area contributed by atoms with Crippen molar-refractivity contribution in [2.75, 3.05) is 13.1 Å². The maximum atomic E-state index is 12.7. The monoisotopic (exact) mass is 351 g/mol. The molecule has 8 heteroatoms. The zero-order valence-corrected chi connectivity index (χ0v) is 14.8. The third kappa shape index (κ3) is 4.23. The number of carbonyl (C=O) groups excluding carboxylic acids is 1. The van der Waals surface area contributed by atoms with Gasteiger partial charge in [0.1, 0.15) is 5.60 Å². The van der Waals surface area contributed by atoms with Crippen LogP contribution in [0.15, 0.2) is 23.4 Å². The molecule has 0 aromatic carbocycles. The molecule has 0 saturated carbocycles. The lowest BCUT2D eigenvalue weighted by atomic mass is 10.1. The minimum atomic E-state index is -3.62. The predicted molar refractivity (Wildman–Crippen MR) is 87.0 cm³/mol. The fourth-order valence-corrected chi connectivity index (χ4v) is 4.15. The highest BCUT2D eigenvalue weighted by Crippen LogP contribution is 2.24. The van der Waals surface area contributed by atoms with Gasteiger partial charge in [-0.25, -0.2) is 18.2 Å². The van der Waals surface area contributed by atoms with Crippen LogP contribution in [-0.4, -0.2) is 48.3 Å². The second-order valence-electron chi connectivity index (χ2n) is 6.71. The quantitative estimate of drug-likeness (QED) is 0.809. The Bertz CT molecular complexity index is 754. The van der Waals surface area contributed by atoms with Gasteiger partial charge in [0.2, 0.25) is 0 Å². The summed E-state index contributed by atoms with van der Waals surface area (Å²) in [7, 11) is -3.62. The first-order valence-electron chi connectivity index (χ1n) is 7.71. The highest BCUT2D eigenvalue weighted by Gasteiger charge is 2.34. The predicted octanol–water partition coefficient (Wildman–Crippen LogP) is 2.13. The normalized spacial score (nSPS) is 16.5. The summed E-state index contributed by atoms with van der Waals surface area (Å²) in [6.45, 7) is 6.00. The smallest absolute Gasteiger partial charge is 0.410 e. The first kappa shape index (κ1) is 18.2. The molecule has 0 bridgehead atoms. The molecule has 1 amide bonds. The Morgan fingerprint density at radius 1 is 1.38 bits per heavy atom. The van der Waals surface area contributed by atoms with Crippen molar-refractivity contribution in [3.05, 3.63) is 23.9 Å². The number of rotatable bonds is 2. The number of likely N-dealkylation sites (tertiary alicyclic amines) is 1. The van der Waals surface area contributed by atoms with Crippen molar-refractivity contribution in [3.63, 3.8) is 0 Å². The Kier molecular flexibility index (Phi) is 5.13. The minimum absolute atomic E-state index is 0.0859. The molecule has 1 saturated heterocycles. The molecule has 130 valence electrons. The maximum Gasteiger partial charge on any atom is 0.410 e. The van der Waals surface area contributed by atoms with E-state index in [4.69, 9.17) is 10.00 Å². The number of ether oxygens (including phenoxy) is 1. The van der Waals surface area contributed by atoms with Crippen LogP contribution in [0.2, 0.25) is 0 Å². The molecule has 1 aromatic heterocycles. The van der Waals surface area contributed by atoms with E-state index in [1.165, 1.54) is 23.2 Å². The van der Waals surface area contributed by atoms with Crippen molar-refractivity contribution >= 4 is 15.9 Å². The molecule has 1 aliphatic rings. The number of nitriles is 1. The summed E-state index contributed by atoms with van der Waals surface area (Å²) in [6, 6.07) is 4.66. The van der Waals surface area contributed by atoms with Gasteiger partial charge in [0.05, 0.1) is 16.9 Å². The van der Waals surface area contributed by atoms with E-state index in [0.717, 1.165) is 0 Å². The fourth-order valence-electron chi connectivity index (χ4n) is 2.48. The average molecular weight is 351 g/mol. The zero-order chi connectivity index (χ0) is 18.0. The fraction of sp³-hybridized carbons (Fsp3) is 0.562. The topological polar surface area (TPSA) is 100 Å². The molecule has 0 aliphatic carbocycles. The van der Waals surface area contributed by atoms with Crippen LogP contribution in [0.25, 0.3) is 0 Å². The van der Waals surface area contributed by atoms with E-state index in [-0.39, 0.29) is 10.6 Å². The lowest BCUT2D eigenvalue weighted by Crippen LogP contribution is -2.44. The van der Waals surface area contributed by atoms with E-state index in [2.05, 4.69) is 4.98 Å². The first-order chi connectivity index (χ1) is 11.1. The lowest BCUT2D eigenvalue weighted by Gasteiger charge is -2.33. The van der Waals surface area contributed by atoms with Crippen LogP contribution in [0.4, 0.5) is 4.79 Å². The molecule has 1 aromatic rings. The summed E-state index contributed by atoms with van der Waals surface area (Å²) >= 11 is 0. The number of hydrogen-bond donors (Lipinski definition) is 0. The molecule has 2 heterocycles. The molecule has 0 unspecified atom stereocenters. The van der Waals surface area contributed by atoms with Crippen LogP contribution in [0, 0.1) is 11.3 Å². The number of nitrogens with zero attached hydrogens (tertiary/aromatic N) is 3. The molecule has 1 aliphatic heterocycles. The van der Waals surface area contributed by atoms with Gasteiger partial charge in [0.15, 0.2) is 14.9 Å². The van der Waals surface area contributed by atoms with Gasteiger partial charge in [-0.05, 0) is 45.7 Å². The number of hydrogen-bond acceptors (Lipinski definition) is 6. The van der Waals surface area contributed by atoms with Gasteiger partial charge in [-0.3, -0.25) is 0 Å². The summed E-state index contributed by atoms with van der Waals surface area (Å²) in [5.41, 5.74) is -0.323. The molecule has 24 heavy (non-hydrogen) atoms. The molecule has 1 fully saturated rings. The van der Waals surface area contributed by atoms with Crippen molar-refractivity contribution in [1.82, 2.24) is 9.88 Å². The van der Waals surface area contributed by atoms with E-state index >= 15 is 0 Å². The van der Waals surface area contributed by atoms with Crippen LogP contribution >= 0.6 is 0 Å². The lowest BCUT2D eigenvalue weighted by molar-refractivity contribution is 0.0217. The van der Waals surface area contributed by atoms with Gasteiger partial charge < -0.3 is 9.64 Å². The summed E-state index contributed by atoms with van der Waals surface area (Å²) in [5, 5.41) is 8.20. The first-order valence-corrected chi connectivity index (χ1v) is 9.26. The van der Waals surface area contributed by atoms with Crippen molar-refractivity contribution in [3.8, 4) is 6.07 Å². The summed E-state index contributed by atoms with van der Waals surface area (Å²) < 4.78 is 30.6. The Labute approximate surface area is 142 Å². The second kappa shape index (κ2) is 6.77. The number of carbonyl (C=O) groups is 1. The summed E-state index contributed by atoms with van der Waals surface area (Å²) in [5.74, 6) is 0. The van der Waals surface area contributed by atoms with E-state index in [1.54, 1.807) is 20.8 Å². The second-order valence-corrected chi connectivity index (χ2v) is 8.88.